The largest absolute Gasteiger partial charge is 0.481 e. The Morgan fingerprint density at radius 3 is 2.40 bits per heavy atom. The zero-order valence-electron chi connectivity index (χ0n) is 27.8. The van der Waals surface area contributed by atoms with Crippen LogP contribution in [0.15, 0.2) is 34.5 Å². The molecular weight excluding hydrogens is 605 g/mol. The maximum absolute atomic E-state index is 13.9. The van der Waals surface area contributed by atoms with E-state index in [0.717, 1.165) is 17.7 Å². The summed E-state index contributed by atoms with van der Waals surface area (Å²) in [5.74, 6) is -1.26. The highest BCUT2D eigenvalue weighted by molar-refractivity contribution is 6.48. The molecule has 6 rings (SSSR count). The number of hydrogen-bond donors (Lipinski definition) is 4. The standard InChI is InChI=1S/C32H46BN7O7/c1-18(2)15-25(33-46-24-17-19-16-23(31(19,3)4)32(24,5)47-33)37-27(42)22(11-8-13-35-30(34)38-39-45)36-26(41)12-14-40-28(43)20-9-6-7-10-21(20)29(40)44/h6-7,9-10,18-19,22-25H,8,11-17H2,1-5H3,(H,36,41)(H,37,42)(H3,34,35,38,45)/t19-,22-,23-,24+,25-,32-/m0/s1. The van der Waals surface area contributed by atoms with E-state index in [-0.39, 0.29) is 49.3 Å². The zero-order chi connectivity index (χ0) is 34.1. The van der Waals surface area contributed by atoms with E-state index < -0.39 is 48.3 Å². The lowest BCUT2D eigenvalue weighted by molar-refractivity contribution is -0.199. The minimum Gasteiger partial charge on any atom is -0.404 e. The van der Waals surface area contributed by atoms with Gasteiger partial charge in [0.15, 0.2) is 0 Å². The lowest BCUT2D eigenvalue weighted by Gasteiger charge is -2.64. The molecule has 4 amide bonds. The molecule has 3 aliphatic carbocycles. The van der Waals surface area contributed by atoms with Gasteiger partial charge in [-0.3, -0.25) is 29.1 Å². The van der Waals surface area contributed by atoms with Crippen molar-refractivity contribution in [2.75, 3.05) is 13.1 Å². The number of nitroso groups, excluding NO2 is 1. The van der Waals surface area contributed by atoms with Gasteiger partial charge in [-0.1, -0.05) is 39.8 Å². The van der Waals surface area contributed by atoms with Crippen LogP contribution in [-0.2, 0) is 18.9 Å². The van der Waals surface area contributed by atoms with Crippen LogP contribution in [0.5, 0.6) is 0 Å². The van der Waals surface area contributed by atoms with Crippen LogP contribution in [0.1, 0.15) is 93.9 Å². The molecule has 15 heteroatoms. The molecule has 6 atom stereocenters. The van der Waals surface area contributed by atoms with E-state index in [1.54, 1.807) is 24.3 Å². The number of rotatable bonds is 14. The highest BCUT2D eigenvalue weighted by Gasteiger charge is 2.68. The summed E-state index contributed by atoms with van der Waals surface area (Å²) in [6.45, 7) is 10.9. The van der Waals surface area contributed by atoms with Gasteiger partial charge in [-0.15, -0.1) is 4.91 Å². The second kappa shape index (κ2) is 13.7. The van der Waals surface area contributed by atoms with Crippen LogP contribution in [0, 0.1) is 28.1 Å². The van der Waals surface area contributed by atoms with Gasteiger partial charge in [0.25, 0.3) is 11.8 Å². The molecule has 254 valence electrons. The summed E-state index contributed by atoms with van der Waals surface area (Å²) in [6.07, 6.45) is 2.95. The second-order valence-electron chi connectivity index (χ2n) is 14.4. The maximum Gasteiger partial charge on any atom is 0.481 e. The Balaban J connectivity index is 1.25. The minimum absolute atomic E-state index is 0.0497. The summed E-state index contributed by atoms with van der Waals surface area (Å²) in [6, 6.07) is 5.56. The number of aliphatic imine (C=N–C) groups is 1. The quantitative estimate of drug-likeness (QED) is 0.0444. The lowest BCUT2D eigenvalue weighted by Crippen LogP contribution is -2.65. The highest BCUT2D eigenvalue weighted by Crippen LogP contribution is 2.65. The number of carbonyl (C=O) groups is 4. The molecule has 0 aromatic heterocycles. The Morgan fingerprint density at radius 1 is 1.11 bits per heavy atom. The molecule has 5 aliphatic rings. The summed E-state index contributed by atoms with van der Waals surface area (Å²) < 4.78 is 13.2. The van der Waals surface area contributed by atoms with Crippen LogP contribution in [0.25, 0.3) is 0 Å². The first-order chi connectivity index (χ1) is 22.3. The summed E-state index contributed by atoms with van der Waals surface area (Å²) in [7, 11) is -0.636. The van der Waals surface area contributed by atoms with Gasteiger partial charge in [0.1, 0.15) is 6.04 Å². The molecule has 0 radical (unpaired) electrons. The Hall–Kier alpha value is -3.85. The first kappa shape index (κ1) is 34.5. The van der Waals surface area contributed by atoms with Gasteiger partial charge < -0.3 is 25.7 Å². The fraction of sp³-hybridized carbons (Fsp3) is 0.656. The third-order valence-corrected chi connectivity index (χ3v) is 10.5. The van der Waals surface area contributed by atoms with Crippen LogP contribution in [0.3, 0.4) is 0 Å². The fourth-order valence-electron chi connectivity index (χ4n) is 7.87. The summed E-state index contributed by atoms with van der Waals surface area (Å²) >= 11 is 0. The molecule has 0 unspecified atom stereocenters. The van der Waals surface area contributed by atoms with E-state index in [4.69, 9.17) is 15.0 Å². The Bertz CT molecular complexity index is 1400. The maximum atomic E-state index is 13.9. The molecule has 1 saturated heterocycles. The van der Waals surface area contributed by atoms with Crippen molar-refractivity contribution in [1.29, 1.82) is 0 Å². The number of carbonyl (C=O) groups excluding carboxylic acids is 4. The van der Waals surface area contributed by atoms with Crippen molar-refractivity contribution in [3.8, 4) is 0 Å². The summed E-state index contributed by atoms with van der Waals surface area (Å²) in [5, 5.41) is 8.39. The fourth-order valence-corrected chi connectivity index (χ4v) is 7.87. The van der Waals surface area contributed by atoms with Gasteiger partial charge in [-0.25, -0.2) is 5.43 Å². The van der Waals surface area contributed by atoms with Gasteiger partial charge in [-0.2, -0.15) is 0 Å². The number of amides is 4. The molecule has 0 spiro atoms. The van der Waals surface area contributed by atoms with Crippen LogP contribution in [-0.4, -0.2) is 78.4 Å². The molecule has 14 nitrogen and oxygen atoms in total. The molecule has 2 aliphatic heterocycles. The number of benzene rings is 1. The average molecular weight is 652 g/mol. The van der Waals surface area contributed by atoms with Crippen molar-refractivity contribution in [3.63, 3.8) is 0 Å². The van der Waals surface area contributed by atoms with Crippen LogP contribution in [0.2, 0.25) is 0 Å². The normalized spacial score (nSPS) is 27.1. The number of hydrogen-bond acceptors (Lipinski definition) is 9. The number of imide groups is 1. The zero-order valence-corrected chi connectivity index (χ0v) is 27.8. The number of nitrogens with zero attached hydrogens (tertiary/aromatic N) is 3. The van der Waals surface area contributed by atoms with Crippen LogP contribution >= 0.6 is 0 Å². The summed E-state index contributed by atoms with van der Waals surface area (Å²) in [5.41, 5.74) is 7.93. The van der Waals surface area contributed by atoms with Crippen molar-refractivity contribution in [1.82, 2.24) is 21.0 Å². The number of nitrogens with two attached hydrogens (primary N) is 1. The smallest absolute Gasteiger partial charge is 0.404 e. The summed E-state index contributed by atoms with van der Waals surface area (Å²) in [4.78, 5) is 68.0. The van der Waals surface area contributed by atoms with Crippen LogP contribution in [0.4, 0.5) is 0 Å². The first-order valence-electron chi connectivity index (χ1n) is 16.5. The van der Waals surface area contributed by atoms with E-state index in [1.807, 2.05) is 5.43 Å². The lowest BCUT2D eigenvalue weighted by atomic mass is 9.43. The Labute approximate surface area is 275 Å². The van der Waals surface area contributed by atoms with Gasteiger partial charge in [0.2, 0.25) is 17.8 Å². The molecule has 5 N–H and O–H groups in total. The molecule has 2 heterocycles. The van der Waals surface area contributed by atoms with E-state index in [2.05, 4.69) is 55.5 Å². The van der Waals surface area contributed by atoms with Crippen molar-refractivity contribution in [2.45, 2.75) is 96.8 Å². The van der Waals surface area contributed by atoms with Gasteiger partial charge in [0, 0.05) is 19.5 Å². The van der Waals surface area contributed by atoms with Crippen molar-refractivity contribution >= 4 is 36.7 Å². The molecule has 3 saturated carbocycles. The van der Waals surface area contributed by atoms with Gasteiger partial charge in [0.05, 0.1) is 34.1 Å². The molecule has 1 aromatic carbocycles. The number of guanidine groups is 1. The van der Waals surface area contributed by atoms with E-state index in [9.17, 15) is 24.1 Å². The molecule has 1 aromatic rings. The predicted molar refractivity (Wildman–Crippen MR) is 175 cm³/mol. The SMILES string of the molecule is CC(C)C[C@H](NC(=O)[C@H](CCCN=C(N)NN=O)NC(=O)CCN1C(=O)c2ccccc2C1=O)B1O[C@@H]2C[C@@H]3C[C@@H](C3(C)C)[C@]2(C)O1. The monoisotopic (exact) mass is 651 g/mol. The Morgan fingerprint density at radius 2 is 1.79 bits per heavy atom. The first-order valence-corrected chi connectivity index (χ1v) is 16.5. The van der Waals surface area contributed by atoms with E-state index in [0.29, 0.717) is 35.8 Å². The average Bonchev–Trinajstić information content (AvgIpc) is 3.50. The van der Waals surface area contributed by atoms with E-state index >= 15 is 0 Å². The molecule has 2 bridgehead atoms. The molecule has 47 heavy (non-hydrogen) atoms. The van der Waals surface area contributed by atoms with Crippen molar-refractivity contribution in [2.24, 2.45) is 39.2 Å². The second-order valence-corrected chi connectivity index (χ2v) is 14.4. The highest BCUT2D eigenvalue weighted by atomic mass is 16.7. The Kier molecular flexibility index (Phi) is 10.1. The topological polar surface area (TPSA) is 194 Å². The third kappa shape index (κ3) is 6.91. The predicted octanol–water partition coefficient (Wildman–Crippen LogP) is 2.32. The van der Waals surface area contributed by atoms with E-state index in [1.165, 1.54) is 0 Å². The van der Waals surface area contributed by atoms with Crippen LogP contribution < -0.4 is 21.8 Å². The number of nitrogens with one attached hydrogen (secondary N) is 3. The minimum atomic E-state index is -0.959. The molecule has 4 fully saturated rings. The van der Waals surface area contributed by atoms with Crippen molar-refractivity contribution < 1.29 is 28.5 Å². The van der Waals surface area contributed by atoms with Gasteiger partial charge in [-0.05, 0) is 74.3 Å². The number of fused-ring (bicyclic) bond motifs is 1. The van der Waals surface area contributed by atoms with Gasteiger partial charge >= 0.3 is 7.12 Å². The van der Waals surface area contributed by atoms with Crippen molar-refractivity contribution in [3.05, 3.63) is 40.3 Å². The molecular formula is C32H46BN7O7. The third-order valence-electron chi connectivity index (χ3n) is 10.5.